The molecular formula is C13H9BrClNO3. The lowest BCUT2D eigenvalue weighted by Gasteiger charge is -2.07. The van der Waals surface area contributed by atoms with Gasteiger partial charge in [-0.2, -0.15) is 0 Å². The highest BCUT2D eigenvalue weighted by molar-refractivity contribution is 9.08. The molecule has 0 amide bonds. The van der Waals surface area contributed by atoms with Crippen LogP contribution in [0.5, 0.6) is 11.5 Å². The van der Waals surface area contributed by atoms with Crippen molar-refractivity contribution in [3.63, 3.8) is 0 Å². The fourth-order valence-corrected chi connectivity index (χ4v) is 2.21. The van der Waals surface area contributed by atoms with E-state index in [4.69, 9.17) is 16.3 Å². The number of halogens is 2. The first-order valence-corrected chi connectivity index (χ1v) is 6.87. The number of hydrogen-bond donors (Lipinski definition) is 0. The minimum atomic E-state index is -0.417. The van der Waals surface area contributed by atoms with E-state index in [1.807, 2.05) is 0 Å². The number of alkyl halides is 1. The Kier molecular flexibility index (Phi) is 4.39. The maximum atomic E-state index is 10.8. The summed E-state index contributed by atoms with van der Waals surface area (Å²) in [4.78, 5) is 10.4. The Morgan fingerprint density at radius 1 is 1.21 bits per heavy atom. The monoisotopic (exact) mass is 341 g/mol. The van der Waals surface area contributed by atoms with Crippen LogP contribution in [0.25, 0.3) is 0 Å². The van der Waals surface area contributed by atoms with Gasteiger partial charge in [0, 0.05) is 22.0 Å². The number of nitrogens with zero attached hydrogens (tertiary/aromatic N) is 1. The smallest absolute Gasteiger partial charge is 0.273 e. The van der Waals surface area contributed by atoms with Crippen molar-refractivity contribution < 1.29 is 9.66 Å². The second kappa shape index (κ2) is 6.04. The van der Waals surface area contributed by atoms with Crippen LogP contribution >= 0.6 is 27.5 Å². The normalized spacial score (nSPS) is 10.2. The molecule has 2 aromatic carbocycles. The number of hydrogen-bond acceptors (Lipinski definition) is 3. The van der Waals surface area contributed by atoms with Crippen LogP contribution < -0.4 is 4.74 Å². The molecule has 0 spiro atoms. The lowest BCUT2D eigenvalue weighted by atomic mass is 10.2. The molecule has 19 heavy (non-hydrogen) atoms. The Bertz CT molecular complexity index is 619. The molecule has 2 aromatic rings. The maximum Gasteiger partial charge on any atom is 0.273 e. The summed E-state index contributed by atoms with van der Waals surface area (Å²) < 4.78 is 5.61. The third-order valence-electron chi connectivity index (χ3n) is 2.42. The molecule has 0 aliphatic carbocycles. The lowest BCUT2D eigenvalue weighted by molar-refractivity contribution is -0.385. The Labute approximate surface area is 123 Å². The predicted octanol–water partition coefficient (Wildman–Crippen LogP) is 4.94. The Morgan fingerprint density at radius 3 is 2.58 bits per heavy atom. The molecule has 0 atom stereocenters. The molecule has 0 radical (unpaired) electrons. The zero-order valence-corrected chi connectivity index (χ0v) is 12.0. The van der Waals surface area contributed by atoms with E-state index < -0.39 is 4.92 Å². The lowest BCUT2D eigenvalue weighted by Crippen LogP contribution is -1.94. The first kappa shape index (κ1) is 13.8. The third kappa shape index (κ3) is 3.45. The molecule has 0 heterocycles. The van der Waals surface area contributed by atoms with Crippen molar-refractivity contribution in [2.75, 3.05) is 0 Å². The van der Waals surface area contributed by atoms with Crippen LogP contribution in [0.15, 0.2) is 42.5 Å². The van der Waals surface area contributed by atoms with E-state index in [0.29, 0.717) is 27.4 Å². The molecule has 0 aromatic heterocycles. The van der Waals surface area contributed by atoms with E-state index in [2.05, 4.69) is 15.9 Å². The van der Waals surface area contributed by atoms with Gasteiger partial charge in [-0.3, -0.25) is 10.1 Å². The van der Waals surface area contributed by atoms with Crippen molar-refractivity contribution in [2.24, 2.45) is 0 Å². The molecule has 0 N–H and O–H groups in total. The standard InChI is InChI=1S/C13H9BrClNO3/c14-8-9-6-12(4-5-13(9)16(17)18)19-11-3-1-2-10(15)7-11/h1-7H,8H2. The number of rotatable bonds is 4. The zero-order chi connectivity index (χ0) is 13.8. The van der Waals surface area contributed by atoms with Crippen LogP contribution in [0, 0.1) is 10.1 Å². The van der Waals surface area contributed by atoms with Crippen LogP contribution in [0.2, 0.25) is 5.02 Å². The van der Waals surface area contributed by atoms with Gasteiger partial charge in [-0.05, 0) is 30.3 Å². The van der Waals surface area contributed by atoms with Gasteiger partial charge in [0.25, 0.3) is 5.69 Å². The first-order valence-electron chi connectivity index (χ1n) is 5.37. The molecule has 0 bridgehead atoms. The molecule has 0 saturated heterocycles. The summed E-state index contributed by atoms with van der Waals surface area (Å²) >= 11 is 9.09. The summed E-state index contributed by atoms with van der Waals surface area (Å²) in [5.74, 6) is 1.11. The van der Waals surface area contributed by atoms with E-state index in [1.54, 1.807) is 36.4 Å². The minimum absolute atomic E-state index is 0.0651. The third-order valence-corrected chi connectivity index (χ3v) is 3.26. The van der Waals surface area contributed by atoms with Crippen LogP contribution in [0.1, 0.15) is 5.56 Å². The van der Waals surface area contributed by atoms with Crippen molar-refractivity contribution in [3.8, 4) is 11.5 Å². The van der Waals surface area contributed by atoms with Crippen molar-refractivity contribution in [3.05, 3.63) is 63.2 Å². The highest BCUT2D eigenvalue weighted by Crippen LogP contribution is 2.29. The fourth-order valence-electron chi connectivity index (χ4n) is 1.58. The summed E-state index contributed by atoms with van der Waals surface area (Å²) in [5, 5.41) is 11.8. The average Bonchev–Trinajstić information content (AvgIpc) is 2.38. The van der Waals surface area contributed by atoms with Gasteiger partial charge >= 0.3 is 0 Å². The quantitative estimate of drug-likeness (QED) is 0.449. The zero-order valence-electron chi connectivity index (χ0n) is 9.68. The average molecular weight is 343 g/mol. The SMILES string of the molecule is O=[N+]([O-])c1ccc(Oc2cccc(Cl)c2)cc1CBr. The van der Waals surface area contributed by atoms with Gasteiger partial charge < -0.3 is 4.74 Å². The fraction of sp³-hybridized carbons (Fsp3) is 0.0769. The summed E-state index contributed by atoms with van der Waals surface area (Å²) in [5.41, 5.74) is 0.625. The van der Waals surface area contributed by atoms with Gasteiger partial charge in [-0.1, -0.05) is 33.6 Å². The predicted molar refractivity (Wildman–Crippen MR) is 77.3 cm³/mol. The highest BCUT2D eigenvalue weighted by Gasteiger charge is 2.13. The van der Waals surface area contributed by atoms with Crippen LogP contribution in [0.3, 0.4) is 0 Å². The van der Waals surface area contributed by atoms with Crippen molar-refractivity contribution in [2.45, 2.75) is 5.33 Å². The Balaban J connectivity index is 2.29. The molecule has 4 nitrogen and oxygen atoms in total. The van der Waals surface area contributed by atoms with Crippen LogP contribution in [0.4, 0.5) is 5.69 Å². The van der Waals surface area contributed by atoms with E-state index in [-0.39, 0.29) is 5.69 Å². The van der Waals surface area contributed by atoms with E-state index in [0.717, 1.165) is 0 Å². The van der Waals surface area contributed by atoms with Gasteiger partial charge in [0.05, 0.1) is 4.92 Å². The van der Waals surface area contributed by atoms with Crippen molar-refractivity contribution in [1.82, 2.24) is 0 Å². The maximum absolute atomic E-state index is 10.8. The molecule has 0 saturated carbocycles. The van der Waals surface area contributed by atoms with Gasteiger partial charge in [-0.25, -0.2) is 0 Å². The van der Waals surface area contributed by atoms with Gasteiger partial charge in [-0.15, -0.1) is 0 Å². The minimum Gasteiger partial charge on any atom is -0.457 e. The van der Waals surface area contributed by atoms with Gasteiger partial charge in [0.2, 0.25) is 0 Å². The Morgan fingerprint density at radius 2 is 1.95 bits per heavy atom. The summed E-state index contributed by atoms with van der Waals surface area (Å²) in [6.45, 7) is 0. The number of ether oxygens (including phenoxy) is 1. The molecule has 0 aliphatic rings. The second-order valence-electron chi connectivity index (χ2n) is 3.74. The molecule has 98 valence electrons. The second-order valence-corrected chi connectivity index (χ2v) is 4.74. The Hall–Kier alpha value is -1.59. The van der Waals surface area contributed by atoms with E-state index >= 15 is 0 Å². The number of nitro groups is 1. The van der Waals surface area contributed by atoms with E-state index in [9.17, 15) is 10.1 Å². The molecule has 2 rings (SSSR count). The summed E-state index contributed by atoms with van der Waals surface area (Å²) in [7, 11) is 0. The molecule has 0 aliphatic heterocycles. The number of benzene rings is 2. The molecular weight excluding hydrogens is 334 g/mol. The van der Waals surface area contributed by atoms with Crippen LogP contribution in [-0.2, 0) is 5.33 Å². The van der Waals surface area contributed by atoms with E-state index in [1.165, 1.54) is 6.07 Å². The van der Waals surface area contributed by atoms with Crippen molar-refractivity contribution in [1.29, 1.82) is 0 Å². The highest BCUT2D eigenvalue weighted by atomic mass is 79.9. The molecule has 0 unspecified atom stereocenters. The van der Waals surface area contributed by atoms with Gasteiger partial charge in [0.15, 0.2) is 0 Å². The van der Waals surface area contributed by atoms with Crippen LogP contribution in [-0.4, -0.2) is 4.92 Å². The first-order chi connectivity index (χ1) is 9.10. The largest absolute Gasteiger partial charge is 0.457 e. The molecule has 0 fully saturated rings. The topological polar surface area (TPSA) is 52.4 Å². The molecule has 6 heteroatoms. The summed E-state index contributed by atoms with van der Waals surface area (Å²) in [6.07, 6.45) is 0. The summed E-state index contributed by atoms with van der Waals surface area (Å²) in [6, 6.07) is 11.6. The van der Waals surface area contributed by atoms with Gasteiger partial charge in [0.1, 0.15) is 11.5 Å². The van der Waals surface area contributed by atoms with Crippen molar-refractivity contribution >= 4 is 33.2 Å². The number of nitro benzene ring substituents is 1.